The van der Waals surface area contributed by atoms with Crippen LogP contribution in [-0.4, -0.2) is 33.8 Å². The van der Waals surface area contributed by atoms with Gasteiger partial charge in [0.15, 0.2) is 0 Å². The summed E-state index contributed by atoms with van der Waals surface area (Å²) in [6.45, 7) is 7.43. The molecule has 0 bridgehead atoms. The Bertz CT molecular complexity index is 896. The average Bonchev–Trinajstić information content (AvgIpc) is 3.14. The number of aryl methyl sites for hydroxylation is 1. The van der Waals surface area contributed by atoms with Gasteiger partial charge in [-0.15, -0.1) is 6.58 Å². The van der Waals surface area contributed by atoms with Crippen LogP contribution in [0.25, 0.3) is 11.8 Å². The molecule has 1 aliphatic heterocycles. The molecule has 1 aromatic heterocycles. The second-order valence-electron chi connectivity index (χ2n) is 5.96. The summed E-state index contributed by atoms with van der Waals surface area (Å²) in [6.07, 6.45) is 3.35. The number of amides is 2. The van der Waals surface area contributed by atoms with Gasteiger partial charge in [-0.2, -0.15) is 0 Å². The number of aromatic nitrogens is 1. The fraction of sp³-hybridized carbons (Fsp3) is 0.200. The number of methoxy groups -OCH3 is 1. The molecule has 6 heteroatoms. The minimum Gasteiger partial charge on any atom is -0.497 e. The van der Waals surface area contributed by atoms with E-state index >= 15 is 0 Å². The second-order valence-corrected chi connectivity index (χ2v) is 6.95. The zero-order chi connectivity index (χ0) is 18.8. The summed E-state index contributed by atoms with van der Waals surface area (Å²) in [4.78, 5) is 26.4. The summed E-state index contributed by atoms with van der Waals surface area (Å²) < 4.78 is 7.24. The molecular formula is C20H20N2O3S. The monoisotopic (exact) mass is 368 g/mol. The Morgan fingerprint density at radius 1 is 1.15 bits per heavy atom. The molecule has 26 heavy (non-hydrogen) atoms. The Balaban J connectivity index is 1.98. The van der Waals surface area contributed by atoms with E-state index in [4.69, 9.17) is 4.74 Å². The maximum absolute atomic E-state index is 12.6. The van der Waals surface area contributed by atoms with E-state index in [-0.39, 0.29) is 17.2 Å². The number of rotatable bonds is 5. The number of imide groups is 1. The van der Waals surface area contributed by atoms with Crippen LogP contribution in [0.3, 0.4) is 0 Å². The average molecular weight is 368 g/mol. The van der Waals surface area contributed by atoms with Crippen LogP contribution in [0, 0.1) is 6.92 Å². The van der Waals surface area contributed by atoms with Crippen molar-refractivity contribution in [1.29, 1.82) is 0 Å². The second kappa shape index (κ2) is 7.25. The molecule has 0 saturated carbocycles. The third-order valence-electron chi connectivity index (χ3n) is 4.29. The normalized spacial score (nSPS) is 17.0. The first kappa shape index (κ1) is 18.1. The zero-order valence-electron chi connectivity index (χ0n) is 14.9. The summed E-state index contributed by atoms with van der Waals surface area (Å²) in [5.41, 5.74) is 2.82. The van der Waals surface area contributed by atoms with Gasteiger partial charge in [-0.3, -0.25) is 14.5 Å². The Morgan fingerprint density at radius 2 is 1.85 bits per heavy atom. The summed E-state index contributed by atoms with van der Waals surface area (Å²) in [7, 11) is 1.63. The molecule has 1 unspecified atom stereocenters. The minimum atomic E-state index is -0.330. The van der Waals surface area contributed by atoms with Crippen molar-refractivity contribution in [3.8, 4) is 11.4 Å². The number of ether oxygens (including phenoxy) is 1. The molecular weight excluding hydrogens is 348 g/mol. The van der Waals surface area contributed by atoms with Crippen LogP contribution in [0.4, 0.5) is 4.79 Å². The van der Waals surface area contributed by atoms with Crippen LogP contribution in [0.15, 0.2) is 54.0 Å². The van der Waals surface area contributed by atoms with Crippen LogP contribution >= 0.6 is 11.8 Å². The molecule has 3 rings (SSSR count). The maximum atomic E-state index is 12.6. The fourth-order valence-electron chi connectivity index (χ4n) is 2.83. The lowest BCUT2D eigenvalue weighted by molar-refractivity contribution is -0.123. The van der Waals surface area contributed by atoms with Crippen molar-refractivity contribution in [2.45, 2.75) is 19.9 Å². The Kier molecular flexibility index (Phi) is 5.04. The number of benzene rings is 1. The highest BCUT2D eigenvalue weighted by molar-refractivity contribution is 8.18. The SMILES string of the molecule is C=CC(C)N1C(=O)S/C(=C\c2ccc(C)n2-c2ccc(OC)cc2)C1=O. The first-order valence-corrected chi connectivity index (χ1v) is 9.00. The van der Waals surface area contributed by atoms with Gasteiger partial charge in [0.2, 0.25) is 0 Å². The number of carbonyl (C=O) groups excluding carboxylic acids is 2. The molecule has 2 aromatic rings. The van der Waals surface area contributed by atoms with Crippen LogP contribution < -0.4 is 4.74 Å². The Labute approximate surface area is 156 Å². The van der Waals surface area contributed by atoms with Crippen molar-refractivity contribution in [2.24, 2.45) is 0 Å². The van der Waals surface area contributed by atoms with Gasteiger partial charge >= 0.3 is 0 Å². The lowest BCUT2D eigenvalue weighted by Gasteiger charge is -2.17. The summed E-state index contributed by atoms with van der Waals surface area (Å²) in [5, 5.41) is -0.270. The summed E-state index contributed by atoms with van der Waals surface area (Å²) >= 11 is 0.957. The minimum absolute atomic E-state index is 0.270. The highest BCUT2D eigenvalue weighted by Gasteiger charge is 2.37. The number of carbonyl (C=O) groups is 2. The van der Waals surface area contributed by atoms with Crippen LogP contribution in [0.5, 0.6) is 5.75 Å². The molecule has 134 valence electrons. The van der Waals surface area contributed by atoms with Gasteiger partial charge in [0.25, 0.3) is 11.1 Å². The molecule has 1 fully saturated rings. The predicted octanol–water partition coefficient (Wildman–Crippen LogP) is 4.41. The van der Waals surface area contributed by atoms with E-state index in [1.165, 1.54) is 4.90 Å². The van der Waals surface area contributed by atoms with Crippen molar-refractivity contribution in [1.82, 2.24) is 9.47 Å². The molecule has 1 atom stereocenters. The van der Waals surface area contributed by atoms with Gasteiger partial charge in [-0.1, -0.05) is 6.08 Å². The highest BCUT2D eigenvalue weighted by Crippen LogP contribution is 2.34. The largest absolute Gasteiger partial charge is 0.497 e. The lowest BCUT2D eigenvalue weighted by atomic mass is 10.2. The number of hydrogen-bond acceptors (Lipinski definition) is 4. The van der Waals surface area contributed by atoms with E-state index in [0.29, 0.717) is 4.91 Å². The van der Waals surface area contributed by atoms with Crippen molar-refractivity contribution in [3.05, 3.63) is 65.3 Å². The Hall–Kier alpha value is -2.73. The molecule has 0 spiro atoms. The first-order valence-electron chi connectivity index (χ1n) is 8.18. The van der Waals surface area contributed by atoms with Crippen LogP contribution in [0.1, 0.15) is 18.3 Å². The molecule has 1 aliphatic rings. The zero-order valence-corrected chi connectivity index (χ0v) is 15.7. The predicted molar refractivity (Wildman–Crippen MR) is 105 cm³/mol. The summed E-state index contributed by atoms with van der Waals surface area (Å²) in [5.74, 6) is 0.493. The van der Waals surface area contributed by atoms with Crippen molar-refractivity contribution in [3.63, 3.8) is 0 Å². The van der Waals surface area contributed by atoms with E-state index < -0.39 is 0 Å². The molecule has 0 N–H and O–H groups in total. The van der Waals surface area contributed by atoms with E-state index in [2.05, 4.69) is 6.58 Å². The van der Waals surface area contributed by atoms with E-state index in [1.54, 1.807) is 26.2 Å². The van der Waals surface area contributed by atoms with Gasteiger partial charge < -0.3 is 9.30 Å². The van der Waals surface area contributed by atoms with Gasteiger partial charge in [-0.05, 0) is 68.1 Å². The number of nitrogens with zero attached hydrogens (tertiary/aromatic N) is 2. The first-order chi connectivity index (χ1) is 12.5. The quantitative estimate of drug-likeness (QED) is 0.580. The molecule has 0 radical (unpaired) electrons. The molecule has 2 amide bonds. The van der Waals surface area contributed by atoms with E-state index in [9.17, 15) is 9.59 Å². The van der Waals surface area contributed by atoms with E-state index in [0.717, 1.165) is 34.6 Å². The van der Waals surface area contributed by atoms with E-state index in [1.807, 2.05) is 47.9 Å². The molecule has 2 heterocycles. The standard InChI is InChI=1S/C20H20N2O3S/c1-5-13(2)22-19(23)18(26-20(22)24)12-16-7-6-14(3)21(16)15-8-10-17(25-4)11-9-15/h5-13H,1H2,2-4H3/b18-12-. The number of thioether (sulfide) groups is 1. The highest BCUT2D eigenvalue weighted by atomic mass is 32.2. The molecule has 5 nitrogen and oxygen atoms in total. The van der Waals surface area contributed by atoms with Crippen LogP contribution in [-0.2, 0) is 4.79 Å². The molecule has 1 saturated heterocycles. The third kappa shape index (κ3) is 3.20. The molecule has 1 aromatic carbocycles. The fourth-order valence-corrected chi connectivity index (χ4v) is 3.73. The van der Waals surface area contributed by atoms with Gasteiger partial charge in [0, 0.05) is 17.1 Å². The number of hydrogen-bond donors (Lipinski definition) is 0. The summed E-state index contributed by atoms with van der Waals surface area (Å²) in [6, 6.07) is 11.3. The lowest BCUT2D eigenvalue weighted by Crippen LogP contribution is -2.35. The topological polar surface area (TPSA) is 51.5 Å². The van der Waals surface area contributed by atoms with Gasteiger partial charge in [0.05, 0.1) is 18.1 Å². The van der Waals surface area contributed by atoms with Crippen molar-refractivity contribution < 1.29 is 14.3 Å². The Morgan fingerprint density at radius 3 is 2.46 bits per heavy atom. The smallest absolute Gasteiger partial charge is 0.294 e. The van der Waals surface area contributed by atoms with Crippen molar-refractivity contribution >= 4 is 29.0 Å². The molecule has 0 aliphatic carbocycles. The van der Waals surface area contributed by atoms with Crippen molar-refractivity contribution in [2.75, 3.05) is 7.11 Å². The van der Waals surface area contributed by atoms with Gasteiger partial charge in [0.1, 0.15) is 5.75 Å². The third-order valence-corrected chi connectivity index (χ3v) is 5.17. The van der Waals surface area contributed by atoms with Crippen LogP contribution in [0.2, 0.25) is 0 Å². The van der Waals surface area contributed by atoms with Gasteiger partial charge in [-0.25, -0.2) is 0 Å². The maximum Gasteiger partial charge on any atom is 0.294 e.